The van der Waals surface area contributed by atoms with E-state index in [9.17, 15) is 0 Å². The minimum atomic E-state index is 0.571. The molecule has 0 spiro atoms. The van der Waals surface area contributed by atoms with E-state index in [1.807, 2.05) is 19.1 Å². The van der Waals surface area contributed by atoms with Gasteiger partial charge in [-0.2, -0.15) is 5.26 Å². The van der Waals surface area contributed by atoms with Gasteiger partial charge in [0.25, 0.3) is 0 Å². The van der Waals surface area contributed by atoms with Gasteiger partial charge in [0.1, 0.15) is 18.0 Å². The molecule has 0 bridgehead atoms. The lowest BCUT2D eigenvalue weighted by Gasteiger charge is -2.10. The molecule has 2 rings (SSSR count). The third-order valence-corrected chi connectivity index (χ3v) is 2.50. The zero-order valence-electron chi connectivity index (χ0n) is 9.81. The van der Waals surface area contributed by atoms with Crippen LogP contribution in [0.1, 0.15) is 11.1 Å². The van der Waals surface area contributed by atoms with E-state index in [1.54, 1.807) is 12.1 Å². The first-order valence-electron chi connectivity index (χ1n) is 5.30. The second-order valence-corrected chi connectivity index (χ2v) is 3.65. The zero-order valence-corrected chi connectivity index (χ0v) is 9.81. The molecular weight excluding hydrogens is 228 g/mol. The molecule has 4 N–H and O–H groups in total. The molecule has 18 heavy (non-hydrogen) atoms. The Labute approximate surface area is 104 Å². The van der Waals surface area contributed by atoms with E-state index in [1.165, 1.54) is 6.33 Å². The molecule has 0 radical (unpaired) electrons. The molecule has 0 aliphatic rings. The monoisotopic (exact) mass is 240 g/mol. The Kier molecular flexibility index (Phi) is 3.36. The van der Waals surface area contributed by atoms with Crippen molar-refractivity contribution < 1.29 is 0 Å². The predicted molar refractivity (Wildman–Crippen MR) is 69.0 cm³/mol. The van der Waals surface area contributed by atoms with Crippen molar-refractivity contribution >= 4 is 17.3 Å². The van der Waals surface area contributed by atoms with Gasteiger partial charge in [-0.05, 0) is 31.2 Å². The largest absolute Gasteiger partial charge is 0.340 e. The second-order valence-electron chi connectivity index (χ2n) is 3.65. The van der Waals surface area contributed by atoms with Gasteiger partial charge >= 0.3 is 0 Å². The van der Waals surface area contributed by atoms with Crippen LogP contribution in [0, 0.1) is 18.3 Å². The number of anilines is 3. The van der Waals surface area contributed by atoms with Gasteiger partial charge in [0.15, 0.2) is 0 Å². The summed E-state index contributed by atoms with van der Waals surface area (Å²) in [5.74, 6) is 6.59. The van der Waals surface area contributed by atoms with Crippen molar-refractivity contribution in [1.82, 2.24) is 9.97 Å². The number of nitrogens with zero attached hydrogens (tertiary/aromatic N) is 3. The Morgan fingerprint density at radius 3 is 2.44 bits per heavy atom. The summed E-state index contributed by atoms with van der Waals surface area (Å²) in [6.45, 7) is 1.86. The molecule has 2 aromatic rings. The summed E-state index contributed by atoms with van der Waals surface area (Å²) in [6.07, 6.45) is 1.42. The van der Waals surface area contributed by atoms with Gasteiger partial charge < -0.3 is 10.7 Å². The first-order valence-corrected chi connectivity index (χ1v) is 5.30. The molecule has 0 atom stereocenters. The van der Waals surface area contributed by atoms with Crippen molar-refractivity contribution in [2.75, 3.05) is 10.7 Å². The molecule has 0 amide bonds. The lowest BCUT2D eigenvalue weighted by atomic mass is 10.2. The van der Waals surface area contributed by atoms with E-state index in [2.05, 4.69) is 26.8 Å². The SMILES string of the molecule is Cc1c(NN)ncnc1Nc1ccc(C#N)cc1. The minimum absolute atomic E-state index is 0.571. The van der Waals surface area contributed by atoms with Gasteiger partial charge in [0, 0.05) is 11.3 Å². The summed E-state index contributed by atoms with van der Waals surface area (Å²) in [4.78, 5) is 8.14. The summed E-state index contributed by atoms with van der Waals surface area (Å²) < 4.78 is 0. The molecule has 6 heteroatoms. The third kappa shape index (κ3) is 2.36. The van der Waals surface area contributed by atoms with Crippen LogP contribution in [0.25, 0.3) is 0 Å². The topological polar surface area (TPSA) is 99.7 Å². The Morgan fingerprint density at radius 1 is 1.17 bits per heavy atom. The smallest absolute Gasteiger partial charge is 0.148 e. The maximum Gasteiger partial charge on any atom is 0.148 e. The lowest BCUT2D eigenvalue weighted by molar-refractivity contribution is 1.11. The number of aromatic nitrogens is 2. The molecule has 90 valence electrons. The fourth-order valence-electron chi connectivity index (χ4n) is 1.49. The minimum Gasteiger partial charge on any atom is -0.340 e. The highest BCUT2D eigenvalue weighted by Crippen LogP contribution is 2.21. The summed E-state index contributed by atoms with van der Waals surface area (Å²) in [6, 6.07) is 9.17. The molecular formula is C12H12N6. The number of hydrogen-bond donors (Lipinski definition) is 3. The zero-order chi connectivity index (χ0) is 13.0. The van der Waals surface area contributed by atoms with E-state index in [4.69, 9.17) is 11.1 Å². The molecule has 0 aliphatic carbocycles. The van der Waals surface area contributed by atoms with Crippen molar-refractivity contribution in [3.63, 3.8) is 0 Å². The average molecular weight is 240 g/mol. The standard InChI is InChI=1S/C12H12N6/c1-8-11(15-7-16-12(8)18-14)17-10-4-2-9(6-13)3-5-10/h2-5,7H,14H2,1H3,(H2,15,16,17,18). The van der Waals surface area contributed by atoms with E-state index < -0.39 is 0 Å². The summed E-state index contributed by atoms with van der Waals surface area (Å²) in [5, 5.41) is 11.9. The molecule has 1 aromatic heterocycles. The van der Waals surface area contributed by atoms with Crippen LogP contribution < -0.4 is 16.6 Å². The Morgan fingerprint density at radius 2 is 1.83 bits per heavy atom. The third-order valence-electron chi connectivity index (χ3n) is 2.50. The van der Waals surface area contributed by atoms with E-state index in [0.717, 1.165) is 11.3 Å². The molecule has 0 unspecified atom stereocenters. The van der Waals surface area contributed by atoms with E-state index >= 15 is 0 Å². The van der Waals surface area contributed by atoms with Crippen LogP contribution in [-0.2, 0) is 0 Å². The molecule has 1 aromatic carbocycles. The number of nitrogens with one attached hydrogen (secondary N) is 2. The molecule has 0 fully saturated rings. The van der Waals surface area contributed by atoms with Crippen LogP contribution in [0.2, 0.25) is 0 Å². The van der Waals surface area contributed by atoms with Crippen LogP contribution in [0.4, 0.5) is 17.3 Å². The van der Waals surface area contributed by atoms with Crippen LogP contribution in [0.5, 0.6) is 0 Å². The Hall–Kier alpha value is -2.65. The van der Waals surface area contributed by atoms with Crippen LogP contribution >= 0.6 is 0 Å². The van der Waals surface area contributed by atoms with Crippen molar-refractivity contribution in [3.05, 3.63) is 41.7 Å². The van der Waals surface area contributed by atoms with Crippen molar-refractivity contribution in [3.8, 4) is 6.07 Å². The first kappa shape index (κ1) is 11.8. The van der Waals surface area contributed by atoms with Gasteiger partial charge in [-0.3, -0.25) is 0 Å². The number of nitrogen functional groups attached to an aromatic ring is 1. The van der Waals surface area contributed by atoms with Gasteiger partial charge in [0.05, 0.1) is 11.6 Å². The van der Waals surface area contributed by atoms with Gasteiger partial charge in [-0.1, -0.05) is 0 Å². The summed E-state index contributed by atoms with van der Waals surface area (Å²) in [7, 11) is 0. The molecule has 0 saturated heterocycles. The van der Waals surface area contributed by atoms with Crippen LogP contribution in [0.3, 0.4) is 0 Å². The Balaban J connectivity index is 2.26. The quantitative estimate of drug-likeness (QED) is 0.557. The van der Waals surface area contributed by atoms with Crippen molar-refractivity contribution in [2.45, 2.75) is 6.92 Å². The van der Waals surface area contributed by atoms with E-state index in [-0.39, 0.29) is 0 Å². The number of hydrogen-bond acceptors (Lipinski definition) is 6. The predicted octanol–water partition coefficient (Wildman–Crippen LogP) is 1.69. The summed E-state index contributed by atoms with van der Waals surface area (Å²) in [5.41, 5.74) is 4.79. The average Bonchev–Trinajstić information content (AvgIpc) is 2.42. The van der Waals surface area contributed by atoms with Crippen molar-refractivity contribution in [1.29, 1.82) is 5.26 Å². The van der Waals surface area contributed by atoms with Gasteiger partial charge in [-0.25, -0.2) is 15.8 Å². The number of nitrogens with two attached hydrogens (primary N) is 1. The maximum absolute atomic E-state index is 8.72. The highest BCUT2D eigenvalue weighted by atomic mass is 15.3. The number of nitriles is 1. The Bertz CT molecular complexity index is 585. The van der Waals surface area contributed by atoms with E-state index in [0.29, 0.717) is 17.2 Å². The molecule has 1 heterocycles. The van der Waals surface area contributed by atoms with Gasteiger partial charge in [0.2, 0.25) is 0 Å². The highest BCUT2D eigenvalue weighted by Gasteiger charge is 2.05. The number of hydrazine groups is 1. The van der Waals surface area contributed by atoms with Crippen LogP contribution in [0.15, 0.2) is 30.6 Å². The second kappa shape index (κ2) is 5.12. The summed E-state index contributed by atoms with van der Waals surface area (Å²) >= 11 is 0. The lowest BCUT2D eigenvalue weighted by Crippen LogP contribution is -2.11. The van der Waals surface area contributed by atoms with Crippen LogP contribution in [-0.4, -0.2) is 9.97 Å². The fraction of sp³-hybridized carbons (Fsp3) is 0.0833. The molecule has 0 saturated carbocycles. The highest BCUT2D eigenvalue weighted by molar-refractivity contribution is 5.64. The van der Waals surface area contributed by atoms with Crippen molar-refractivity contribution in [2.24, 2.45) is 5.84 Å². The normalized spacial score (nSPS) is 9.61. The molecule has 0 aliphatic heterocycles. The van der Waals surface area contributed by atoms with Gasteiger partial charge in [-0.15, -0.1) is 0 Å². The fourth-order valence-corrected chi connectivity index (χ4v) is 1.49. The number of rotatable bonds is 3. The first-order chi connectivity index (χ1) is 8.74. The molecule has 6 nitrogen and oxygen atoms in total. The number of benzene rings is 1. The maximum atomic E-state index is 8.72.